The van der Waals surface area contributed by atoms with Gasteiger partial charge >= 0.3 is 0 Å². The molecule has 0 aliphatic carbocycles. The molecule has 130 valence electrons. The smallest absolute Gasteiger partial charge is 0.232 e. The van der Waals surface area contributed by atoms with Crippen molar-refractivity contribution in [3.8, 4) is 17.2 Å². The van der Waals surface area contributed by atoms with E-state index in [4.69, 9.17) is 9.47 Å². The van der Waals surface area contributed by atoms with Crippen LogP contribution in [0.2, 0.25) is 0 Å². The third-order valence-corrected chi connectivity index (χ3v) is 4.71. The van der Waals surface area contributed by atoms with Crippen LogP contribution in [0.1, 0.15) is 20.3 Å². The van der Waals surface area contributed by atoms with Crippen molar-refractivity contribution < 1.29 is 17.9 Å². The molecular formula is C18H23NO4S. The molecule has 0 spiro atoms. The second-order valence-electron chi connectivity index (χ2n) is 5.88. The first-order chi connectivity index (χ1) is 11.4. The summed E-state index contributed by atoms with van der Waals surface area (Å²) in [7, 11) is -1.74. The first kappa shape index (κ1) is 18.1. The highest BCUT2D eigenvalue weighted by Crippen LogP contribution is 2.31. The molecule has 0 amide bonds. The Labute approximate surface area is 143 Å². The minimum absolute atomic E-state index is 0.115. The van der Waals surface area contributed by atoms with E-state index in [0.29, 0.717) is 35.3 Å². The van der Waals surface area contributed by atoms with Crippen molar-refractivity contribution in [1.29, 1.82) is 0 Å². The Morgan fingerprint density at radius 3 is 2.21 bits per heavy atom. The Morgan fingerprint density at radius 2 is 1.62 bits per heavy atom. The van der Waals surface area contributed by atoms with Crippen LogP contribution in [0.5, 0.6) is 17.2 Å². The molecule has 2 aromatic carbocycles. The molecule has 2 aromatic rings. The molecule has 5 nitrogen and oxygen atoms in total. The second-order valence-corrected chi connectivity index (χ2v) is 7.72. The molecule has 0 radical (unpaired) electrons. The Morgan fingerprint density at radius 1 is 1.00 bits per heavy atom. The lowest BCUT2D eigenvalue weighted by molar-refractivity contribution is 0.379. The topological polar surface area (TPSA) is 64.6 Å². The van der Waals surface area contributed by atoms with E-state index in [0.717, 1.165) is 0 Å². The van der Waals surface area contributed by atoms with Crippen LogP contribution >= 0.6 is 0 Å². The maximum atomic E-state index is 12.0. The zero-order valence-electron chi connectivity index (χ0n) is 14.2. The van der Waals surface area contributed by atoms with Crippen LogP contribution in [0.3, 0.4) is 0 Å². The maximum absolute atomic E-state index is 12.0. The predicted octanol–water partition coefficient (Wildman–Crippen LogP) is 4.28. The summed E-state index contributed by atoms with van der Waals surface area (Å²) >= 11 is 0. The molecular weight excluding hydrogens is 326 g/mol. The van der Waals surface area contributed by atoms with Gasteiger partial charge in [-0.15, -0.1) is 0 Å². The second kappa shape index (κ2) is 8.06. The average molecular weight is 349 g/mol. The monoisotopic (exact) mass is 349 g/mol. The van der Waals surface area contributed by atoms with E-state index in [9.17, 15) is 8.42 Å². The molecule has 2 rings (SSSR count). The van der Waals surface area contributed by atoms with E-state index in [-0.39, 0.29) is 5.75 Å². The maximum Gasteiger partial charge on any atom is 0.232 e. The van der Waals surface area contributed by atoms with Gasteiger partial charge in [-0.2, -0.15) is 0 Å². The Kier molecular flexibility index (Phi) is 6.09. The Hall–Kier alpha value is -2.21. The molecule has 0 heterocycles. The summed E-state index contributed by atoms with van der Waals surface area (Å²) < 4.78 is 37.6. The molecule has 1 N–H and O–H groups in total. The fourth-order valence-corrected chi connectivity index (χ4v) is 3.42. The number of sulfonamides is 1. The number of nitrogens with one attached hydrogen (secondary N) is 1. The molecule has 24 heavy (non-hydrogen) atoms. The van der Waals surface area contributed by atoms with Crippen LogP contribution in [0.4, 0.5) is 5.69 Å². The van der Waals surface area contributed by atoms with Crippen LogP contribution in [-0.2, 0) is 10.0 Å². The molecule has 0 saturated carbocycles. The quantitative estimate of drug-likeness (QED) is 0.773. The Balaban J connectivity index is 2.03. The van der Waals surface area contributed by atoms with Gasteiger partial charge in [-0.3, -0.25) is 4.72 Å². The number of hydrogen-bond acceptors (Lipinski definition) is 4. The van der Waals surface area contributed by atoms with Gasteiger partial charge in [-0.25, -0.2) is 8.42 Å². The van der Waals surface area contributed by atoms with Crippen molar-refractivity contribution in [1.82, 2.24) is 0 Å². The molecule has 0 aliphatic heterocycles. The van der Waals surface area contributed by atoms with Crippen LogP contribution in [0.15, 0.2) is 48.5 Å². The first-order valence-corrected chi connectivity index (χ1v) is 9.46. The number of para-hydroxylation sites is 2. The highest BCUT2D eigenvalue weighted by molar-refractivity contribution is 7.92. The van der Waals surface area contributed by atoms with E-state index >= 15 is 0 Å². The van der Waals surface area contributed by atoms with E-state index in [2.05, 4.69) is 4.72 Å². The van der Waals surface area contributed by atoms with E-state index in [1.165, 1.54) is 0 Å². The minimum Gasteiger partial charge on any atom is -0.493 e. The van der Waals surface area contributed by atoms with Gasteiger partial charge in [0.05, 0.1) is 12.9 Å². The summed E-state index contributed by atoms with van der Waals surface area (Å²) in [5.74, 6) is 2.30. The lowest BCUT2D eigenvalue weighted by Crippen LogP contribution is -2.17. The normalized spacial score (nSPS) is 11.3. The number of hydrogen-bond donors (Lipinski definition) is 1. The lowest BCUT2D eigenvalue weighted by atomic mass is 10.2. The third kappa shape index (κ3) is 5.45. The molecule has 0 saturated heterocycles. The summed E-state index contributed by atoms with van der Waals surface area (Å²) in [5.41, 5.74) is 0.520. The predicted molar refractivity (Wildman–Crippen MR) is 96.4 cm³/mol. The van der Waals surface area contributed by atoms with Gasteiger partial charge in [0.1, 0.15) is 5.75 Å². The van der Waals surface area contributed by atoms with Crippen molar-refractivity contribution in [2.45, 2.75) is 20.3 Å². The van der Waals surface area contributed by atoms with Crippen LogP contribution in [0.25, 0.3) is 0 Å². The summed E-state index contributed by atoms with van der Waals surface area (Å²) in [6.45, 7) is 4.00. The van der Waals surface area contributed by atoms with Crippen molar-refractivity contribution >= 4 is 15.7 Å². The van der Waals surface area contributed by atoms with Gasteiger partial charge in [0.15, 0.2) is 11.5 Å². The Bertz CT molecular complexity index is 755. The van der Waals surface area contributed by atoms with E-state index in [1.807, 2.05) is 32.0 Å². The minimum atomic E-state index is -3.32. The fraction of sp³-hybridized carbons (Fsp3) is 0.333. The van der Waals surface area contributed by atoms with Gasteiger partial charge in [-0.1, -0.05) is 26.0 Å². The van der Waals surface area contributed by atoms with Gasteiger partial charge in [-0.05, 0) is 48.7 Å². The summed E-state index contributed by atoms with van der Waals surface area (Å²) in [4.78, 5) is 0. The molecule has 0 bridgehead atoms. The molecule has 0 atom stereocenters. The highest BCUT2D eigenvalue weighted by atomic mass is 32.2. The average Bonchev–Trinajstić information content (AvgIpc) is 2.55. The highest BCUT2D eigenvalue weighted by Gasteiger charge is 2.11. The van der Waals surface area contributed by atoms with Gasteiger partial charge < -0.3 is 9.47 Å². The van der Waals surface area contributed by atoms with Crippen molar-refractivity contribution in [2.75, 3.05) is 17.6 Å². The van der Waals surface area contributed by atoms with Crippen LogP contribution in [-0.4, -0.2) is 21.3 Å². The lowest BCUT2D eigenvalue weighted by Gasteiger charge is -2.12. The molecule has 0 aromatic heterocycles. The molecule has 0 fully saturated rings. The number of methoxy groups -OCH3 is 1. The molecule has 0 unspecified atom stereocenters. The van der Waals surface area contributed by atoms with Gasteiger partial charge in [0.25, 0.3) is 0 Å². The van der Waals surface area contributed by atoms with E-state index in [1.54, 1.807) is 37.4 Å². The molecule has 0 aliphatic rings. The fourth-order valence-electron chi connectivity index (χ4n) is 2.04. The van der Waals surface area contributed by atoms with Crippen molar-refractivity contribution in [3.05, 3.63) is 48.5 Å². The summed E-state index contributed by atoms with van der Waals surface area (Å²) in [6, 6.07) is 14.1. The van der Waals surface area contributed by atoms with Crippen molar-refractivity contribution in [3.63, 3.8) is 0 Å². The number of ether oxygens (including phenoxy) is 2. The SMILES string of the molecule is COc1ccccc1Oc1ccc(NS(=O)(=O)CCC(C)C)cc1. The standard InChI is InChI=1S/C18H23NO4S/c1-14(2)12-13-24(20,21)19-15-8-10-16(11-9-15)23-18-7-5-4-6-17(18)22-3/h4-11,14,19H,12-13H2,1-3H3. The van der Waals surface area contributed by atoms with Gasteiger partial charge in [0.2, 0.25) is 10.0 Å². The van der Waals surface area contributed by atoms with Crippen molar-refractivity contribution in [2.24, 2.45) is 5.92 Å². The number of rotatable bonds is 8. The van der Waals surface area contributed by atoms with Crippen LogP contribution < -0.4 is 14.2 Å². The number of anilines is 1. The summed E-state index contributed by atoms with van der Waals surface area (Å²) in [5, 5.41) is 0. The zero-order chi connectivity index (χ0) is 17.6. The van der Waals surface area contributed by atoms with Crippen LogP contribution in [0, 0.1) is 5.92 Å². The third-order valence-electron chi connectivity index (χ3n) is 3.39. The number of benzene rings is 2. The molecule has 6 heteroatoms. The largest absolute Gasteiger partial charge is 0.493 e. The van der Waals surface area contributed by atoms with Gasteiger partial charge in [0, 0.05) is 5.69 Å². The first-order valence-electron chi connectivity index (χ1n) is 7.81. The zero-order valence-corrected chi connectivity index (χ0v) is 15.0. The van der Waals surface area contributed by atoms with E-state index < -0.39 is 10.0 Å². The summed E-state index contributed by atoms with van der Waals surface area (Å²) in [6.07, 6.45) is 0.629.